The van der Waals surface area contributed by atoms with Crippen LogP contribution in [0, 0.1) is 0 Å². The van der Waals surface area contributed by atoms with Crippen molar-refractivity contribution in [3.8, 4) is 0 Å². The molecule has 2 saturated heterocycles. The molecule has 0 aliphatic carbocycles. The molecule has 0 aromatic carbocycles. The molecule has 154 valence electrons. The maximum absolute atomic E-state index is 12.8. The van der Waals surface area contributed by atoms with E-state index < -0.39 is 0 Å². The van der Waals surface area contributed by atoms with Crippen molar-refractivity contribution in [2.24, 2.45) is 0 Å². The van der Waals surface area contributed by atoms with Crippen molar-refractivity contribution in [3.05, 3.63) is 54.5 Å². The number of carbonyl (C=O) groups is 1. The molecule has 1 atom stereocenters. The molecule has 0 radical (unpaired) electrons. The van der Waals surface area contributed by atoms with Crippen molar-refractivity contribution in [3.63, 3.8) is 0 Å². The Morgan fingerprint density at radius 1 is 1.03 bits per heavy atom. The normalized spacial score (nSPS) is 19.0. The first-order valence-corrected chi connectivity index (χ1v) is 10.2. The Morgan fingerprint density at radius 2 is 1.86 bits per heavy atom. The van der Waals surface area contributed by atoms with E-state index in [0.29, 0.717) is 19.6 Å². The fourth-order valence-electron chi connectivity index (χ4n) is 3.90. The lowest BCUT2D eigenvalue weighted by Gasteiger charge is -2.37. The lowest BCUT2D eigenvalue weighted by molar-refractivity contribution is 0.0164. The molecule has 2 aliphatic heterocycles. The number of amides is 2. The molecule has 4 rings (SSSR count). The zero-order valence-corrected chi connectivity index (χ0v) is 16.6. The van der Waals surface area contributed by atoms with Gasteiger partial charge in [-0.1, -0.05) is 12.1 Å². The van der Waals surface area contributed by atoms with Crippen molar-refractivity contribution in [2.45, 2.75) is 6.04 Å². The number of carbonyl (C=O) groups excluding carboxylic acids is 1. The zero-order chi connectivity index (χ0) is 19.9. The van der Waals surface area contributed by atoms with Crippen molar-refractivity contribution < 1.29 is 9.53 Å². The van der Waals surface area contributed by atoms with Crippen LogP contribution in [0.4, 0.5) is 10.6 Å². The fourth-order valence-corrected chi connectivity index (χ4v) is 3.90. The summed E-state index contributed by atoms with van der Waals surface area (Å²) in [4.78, 5) is 27.9. The van der Waals surface area contributed by atoms with Crippen molar-refractivity contribution in [2.75, 3.05) is 63.9 Å². The first-order chi connectivity index (χ1) is 14.3. The van der Waals surface area contributed by atoms with Gasteiger partial charge in [0.1, 0.15) is 5.82 Å². The Hall–Kier alpha value is -2.71. The minimum absolute atomic E-state index is 0.00665. The van der Waals surface area contributed by atoms with E-state index in [2.05, 4.69) is 31.2 Å². The quantitative estimate of drug-likeness (QED) is 0.823. The molecule has 2 aromatic rings. The van der Waals surface area contributed by atoms with E-state index in [1.807, 2.05) is 35.4 Å². The summed E-state index contributed by atoms with van der Waals surface area (Å²) in [5.41, 5.74) is 1.12. The standard InChI is InChI=1S/C21H28N6O2/c28-21(27-10-8-26(9-11-27)20-5-1-2-7-23-20)24-17-19(18-4-3-6-22-16-18)25-12-14-29-15-13-25/h1-7,16,19H,8-15,17H2,(H,24,28)/t19-/m1/s1. The van der Waals surface area contributed by atoms with Crippen LogP contribution in [0.3, 0.4) is 0 Å². The molecule has 29 heavy (non-hydrogen) atoms. The topological polar surface area (TPSA) is 73.8 Å². The molecule has 2 amide bonds. The predicted octanol–water partition coefficient (Wildman–Crippen LogP) is 1.38. The number of hydrogen-bond acceptors (Lipinski definition) is 6. The van der Waals surface area contributed by atoms with Gasteiger partial charge in [-0.25, -0.2) is 9.78 Å². The van der Waals surface area contributed by atoms with Crippen LogP contribution in [0.25, 0.3) is 0 Å². The third-order valence-electron chi connectivity index (χ3n) is 5.54. The van der Waals surface area contributed by atoms with Crippen molar-refractivity contribution >= 4 is 11.8 Å². The van der Waals surface area contributed by atoms with Crippen LogP contribution in [0.15, 0.2) is 48.9 Å². The summed E-state index contributed by atoms with van der Waals surface area (Å²) < 4.78 is 5.49. The van der Waals surface area contributed by atoms with E-state index in [1.54, 1.807) is 12.4 Å². The van der Waals surface area contributed by atoms with Gasteiger partial charge in [-0.15, -0.1) is 0 Å². The Bertz CT molecular complexity index is 761. The van der Waals surface area contributed by atoms with Crippen LogP contribution in [-0.2, 0) is 4.74 Å². The first kappa shape index (κ1) is 19.6. The van der Waals surface area contributed by atoms with Crippen LogP contribution in [0.2, 0.25) is 0 Å². The highest BCUT2D eigenvalue weighted by molar-refractivity contribution is 5.74. The van der Waals surface area contributed by atoms with Gasteiger partial charge in [0.2, 0.25) is 0 Å². The molecule has 8 nitrogen and oxygen atoms in total. The zero-order valence-electron chi connectivity index (χ0n) is 16.6. The van der Waals surface area contributed by atoms with Gasteiger partial charge in [-0.3, -0.25) is 9.88 Å². The van der Waals surface area contributed by atoms with Crippen molar-refractivity contribution in [1.82, 2.24) is 25.1 Å². The molecular weight excluding hydrogens is 368 g/mol. The van der Waals surface area contributed by atoms with Crippen LogP contribution < -0.4 is 10.2 Å². The maximum atomic E-state index is 12.8. The van der Waals surface area contributed by atoms with Gasteiger partial charge >= 0.3 is 6.03 Å². The molecule has 4 heterocycles. The van der Waals surface area contributed by atoms with Crippen LogP contribution in [0.5, 0.6) is 0 Å². The minimum atomic E-state index is -0.00665. The first-order valence-electron chi connectivity index (χ1n) is 10.2. The van der Waals surface area contributed by atoms with Crippen LogP contribution in [0.1, 0.15) is 11.6 Å². The molecule has 0 saturated carbocycles. The van der Waals surface area contributed by atoms with Gasteiger partial charge < -0.3 is 19.9 Å². The van der Waals surface area contributed by atoms with E-state index in [1.165, 1.54) is 0 Å². The largest absolute Gasteiger partial charge is 0.379 e. The number of pyridine rings is 2. The van der Waals surface area contributed by atoms with Gasteiger partial charge in [-0.05, 0) is 23.8 Å². The molecule has 1 N–H and O–H groups in total. The van der Waals surface area contributed by atoms with Crippen LogP contribution >= 0.6 is 0 Å². The second kappa shape index (κ2) is 9.67. The summed E-state index contributed by atoms with van der Waals surface area (Å²) in [7, 11) is 0. The highest BCUT2D eigenvalue weighted by Crippen LogP contribution is 2.20. The van der Waals surface area contributed by atoms with Gasteiger partial charge in [0.15, 0.2) is 0 Å². The van der Waals surface area contributed by atoms with Crippen molar-refractivity contribution in [1.29, 1.82) is 0 Å². The lowest BCUT2D eigenvalue weighted by Crippen LogP contribution is -2.53. The van der Waals surface area contributed by atoms with Crippen LogP contribution in [-0.4, -0.2) is 84.8 Å². The number of morpholine rings is 1. The lowest BCUT2D eigenvalue weighted by atomic mass is 10.1. The molecule has 0 spiro atoms. The van der Waals surface area contributed by atoms with E-state index in [-0.39, 0.29) is 12.1 Å². The monoisotopic (exact) mass is 396 g/mol. The Morgan fingerprint density at radius 3 is 2.55 bits per heavy atom. The number of nitrogens with one attached hydrogen (secondary N) is 1. The Balaban J connectivity index is 1.32. The van der Waals surface area contributed by atoms with E-state index in [4.69, 9.17) is 4.74 Å². The molecule has 0 unspecified atom stereocenters. The summed E-state index contributed by atoms with van der Waals surface area (Å²) in [5, 5.41) is 3.15. The van der Waals surface area contributed by atoms with Gasteiger partial charge in [0.25, 0.3) is 0 Å². The Labute approximate surface area is 171 Å². The number of rotatable bonds is 5. The second-order valence-corrected chi connectivity index (χ2v) is 7.30. The molecular formula is C21H28N6O2. The van der Waals surface area contributed by atoms with E-state index in [0.717, 1.165) is 50.8 Å². The summed E-state index contributed by atoms with van der Waals surface area (Å²) in [6.45, 7) is 6.69. The van der Waals surface area contributed by atoms with Gasteiger partial charge in [0, 0.05) is 64.4 Å². The number of piperazine rings is 1. The van der Waals surface area contributed by atoms with Gasteiger partial charge in [-0.2, -0.15) is 0 Å². The number of ether oxygens (including phenoxy) is 1. The second-order valence-electron chi connectivity index (χ2n) is 7.30. The third-order valence-corrected chi connectivity index (χ3v) is 5.54. The van der Waals surface area contributed by atoms with E-state index >= 15 is 0 Å². The maximum Gasteiger partial charge on any atom is 0.317 e. The highest BCUT2D eigenvalue weighted by Gasteiger charge is 2.26. The SMILES string of the molecule is O=C(NC[C@H](c1cccnc1)N1CCOCC1)N1CCN(c2ccccn2)CC1. The molecule has 0 bridgehead atoms. The number of anilines is 1. The number of hydrogen-bond donors (Lipinski definition) is 1. The average molecular weight is 396 g/mol. The Kier molecular flexibility index (Phi) is 6.53. The predicted molar refractivity (Wildman–Crippen MR) is 111 cm³/mol. The number of urea groups is 1. The minimum Gasteiger partial charge on any atom is -0.379 e. The summed E-state index contributed by atoms with van der Waals surface area (Å²) in [5.74, 6) is 0.969. The number of aromatic nitrogens is 2. The van der Waals surface area contributed by atoms with Gasteiger partial charge in [0.05, 0.1) is 19.3 Å². The summed E-state index contributed by atoms with van der Waals surface area (Å²) in [6.07, 6.45) is 5.47. The van der Waals surface area contributed by atoms with E-state index in [9.17, 15) is 4.79 Å². The summed E-state index contributed by atoms with van der Waals surface area (Å²) in [6, 6.07) is 10.0. The average Bonchev–Trinajstić information content (AvgIpc) is 2.81. The fraction of sp³-hybridized carbons (Fsp3) is 0.476. The molecule has 8 heteroatoms. The molecule has 2 aromatic heterocycles. The third kappa shape index (κ3) is 5.02. The summed E-state index contributed by atoms with van der Waals surface area (Å²) >= 11 is 0. The smallest absolute Gasteiger partial charge is 0.317 e. The molecule has 2 aliphatic rings. The molecule has 2 fully saturated rings. The number of nitrogens with zero attached hydrogens (tertiary/aromatic N) is 5. The highest BCUT2D eigenvalue weighted by atomic mass is 16.5.